The maximum Gasteiger partial charge on any atom is 0.416 e. The van der Waals surface area contributed by atoms with E-state index in [0.29, 0.717) is 11.3 Å². The number of halogens is 3. The Hall–Kier alpha value is -5.35. The number of anilines is 2. The highest BCUT2D eigenvalue weighted by Crippen LogP contribution is 2.31. The molecule has 0 aliphatic heterocycles. The molecule has 0 fully saturated rings. The van der Waals surface area contributed by atoms with Crippen LogP contribution in [0.15, 0.2) is 96.0 Å². The van der Waals surface area contributed by atoms with E-state index >= 15 is 0 Å². The van der Waals surface area contributed by atoms with Gasteiger partial charge in [-0.05, 0) is 48.5 Å². The second-order valence-corrected chi connectivity index (χ2v) is 10.5. The average molecular weight is 611 g/mol. The van der Waals surface area contributed by atoms with Gasteiger partial charge in [-0.15, -0.1) is 15.0 Å². The first kappa shape index (κ1) is 29.2. The Morgan fingerprint density at radius 1 is 0.953 bits per heavy atom. The van der Waals surface area contributed by atoms with Crippen molar-refractivity contribution in [1.82, 2.24) is 35.2 Å². The number of hydrazine groups is 1. The molecule has 3 N–H and O–H groups in total. The summed E-state index contributed by atoms with van der Waals surface area (Å²) >= 11 is 0. The molecule has 16 heteroatoms. The maximum atomic E-state index is 13.4. The van der Waals surface area contributed by atoms with E-state index < -0.39 is 27.7 Å². The molecule has 2 heterocycles. The van der Waals surface area contributed by atoms with Gasteiger partial charge in [0.1, 0.15) is 5.75 Å². The number of carbonyl (C=O) groups is 1. The molecule has 0 spiro atoms. The van der Waals surface area contributed by atoms with Crippen molar-refractivity contribution in [2.24, 2.45) is 0 Å². The van der Waals surface area contributed by atoms with E-state index in [2.05, 4.69) is 31.0 Å². The number of ether oxygens (including phenoxy) is 1. The van der Waals surface area contributed by atoms with Crippen LogP contribution in [-0.2, 0) is 16.2 Å². The molecule has 0 aliphatic rings. The minimum atomic E-state index is -4.56. The molecular formula is C27H21F3N8O4S. The molecule has 43 heavy (non-hydrogen) atoms. The number of aromatic nitrogens is 5. The Balaban J connectivity index is 1.37. The van der Waals surface area contributed by atoms with Crippen LogP contribution in [0.4, 0.5) is 24.8 Å². The van der Waals surface area contributed by atoms with Crippen molar-refractivity contribution < 1.29 is 31.1 Å². The fraction of sp³-hybridized carbons (Fsp3) is 0.0741. The number of sulfonamides is 1. The molecule has 0 bridgehead atoms. The van der Waals surface area contributed by atoms with Crippen LogP contribution in [0.25, 0.3) is 17.1 Å². The summed E-state index contributed by atoms with van der Waals surface area (Å²) in [5.74, 6) is -0.237. The third-order valence-electron chi connectivity index (χ3n) is 5.87. The molecule has 0 aliphatic carbocycles. The number of nitrogens with zero attached hydrogens (tertiary/aromatic N) is 5. The monoisotopic (exact) mass is 610 g/mol. The molecule has 2 aromatic heterocycles. The quantitative estimate of drug-likeness (QED) is 0.209. The first-order chi connectivity index (χ1) is 20.5. The normalized spacial score (nSPS) is 11.6. The van der Waals surface area contributed by atoms with Crippen molar-refractivity contribution in [1.29, 1.82) is 0 Å². The molecule has 12 nitrogen and oxygen atoms in total. The highest BCUT2D eigenvalue weighted by molar-refractivity contribution is 7.89. The van der Waals surface area contributed by atoms with E-state index in [1.165, 1.54) is 60.5 Å². The number of carbonyl (C=O) groups excluding carboxylic acids is 1. The zero-order valence-electron chi connectivity index (χ0n) is 22.1. The number of amides is 1. The van der Waals surface area contributed by atoms with Crippen molar-refractivity contribution in [3.8, 4) is 22.8 Å². The first-order valence-corrected chi connectivity index (χ1v) is 13.8. The van der Waals surface area contributed by atoms with Gasteiger partial charge in [0.05, 0.1) is 35.1 Å². The van der Waals surface area contributed by atoms with E-state index in [0.717, 1.165) is 12.1 Å². The number of hydrogen-bond donors (Lipinski definition) is 3. The van der Waals surface area contributed by atoms with Crippen LogP contribution in [0.2, 0.25) is 0 Å². The van der Waals surface area contributed by atoms with E-state index in [1.54, 1.807) is 30.3 Å². The van der Waals surface area contributed by atoms with Crippen LogP contribution in [0.1, 0.15) is 16.1 Å². The first-order valence-electron chi connectivity index (χ1n) is 12.3. The van der Waals surface area contributed by atoms with E-state index in [-0.39, 0.29) is 33.7 Å². The van der Waals surface area contributed by atoms with Crippen molar-refractivity contribution >= 4 is 27.6 Å². The lowest BCUT2D eigenvalue weighted by molar-refractivity contribution is -0.137. The fourth-order valence-corrected chi connectivity index (χ4v) is 4.64. The van der Waals surface area contributed by atoms with Crippen LogP contribution in [0, 0.1) is 0 Å². The summed E-state index contributed by atoms with van der Waals surface area (Å²) in [5.41, 5.74) is 1.84. The van der Waals surface area contributed by atoms with Gasteiger partial charge >= 0.3 is 6.18 Å². The Bertz CT molecular complexity index is 1870. The van der Waals surface area contributed by atoms with Gasteiger partial charge in [0.2, 0.25) is 5.95 Å². The van der Waals surface area contributed by atoms with Gasteiger partial charge in [0.15, 0.2) is 11.5 Å². The topological polar surface area (TPSA) is 153 Å². The van der Waals surface area contributed by atoms with Gasteiger partial charge in [-0.2, -0.15) is 23.3 Å². The summed E-state index contributed by atoms with van der Waals surface area (Å²) in [6.07, 6.45) is -3.31. The maximum absolute atomic E-state index is 13.4. The van der Waals surface area contributed by atoms with Crippen LogP contribution in [0.3, 0.4) is 0 Å². The Morgan fingerprint density at radius 3 is 2.40 bits per heavy atom. The van der Waals surface area contributed by atoms with E-state index in [4.69, 9.17) is 4.74 Å². The summed E-state index contributed by atoms with van der Waals surface area (Å²) in [5, 5.41) is 14.7. The molecule has 0 atom stereocenters. The number of benzene rings is 3. The van der Waals surface area contributed by atoms with Crippen LogP contribution < -0.4 is 20.3 Å². The highest BCUT2D eigenvalue weighted by atomic mass is 32.2. The number of hydrogen-bond acceptors (Lipinski definition) is 9. The molecule has 0 unspecified atom stereocenters. The summed E-state index contributed by atoms with van der Waals surface area (Å²) in [4.78, 5) is 19.0. The molecular weight excluding hydrogens is 589 g/mol. The van der Waals surface area contributed by atoms with Crippen molar-refractivity contribution in [2.75, 3.05) is 12.4 Å². The smallest absolute Gasteiger partial charge is 0.416 e. The summed E-state index contributed by atoms with van der Waals surface area (Å²) in [6, 6.07) is 20.1. The SMILES string of the molecule is COc1ccc(S(=O)(=O)NNC(=O)c2cc(Nc3nc(-c4ccccc4)n(-c4cccc(C(F)(F)F)c4)n3)cnn2)cc1. The lowest BCUT2D eigenvalue weighted by atomic mass is 10.2. The predicted octanol–water partition coefficient (Wildman–Crippen LogP) is 4.12. The third kappa shape index (κ3) is 6.77. The zero-order valence-corrected chi connectivity index (χ0v) is 22.9. The molecule has 0 saturated heterocycles. The minimum absolute atomic E-state index is 0.0177. The predicted molar refractivity (Wildman–Crippen MR) is 148 cm³/mol. The number of alkyl halides is 3. The van der Waals surface area contributed by atoms with Gasteiger partial charge in [0, 0.05) is 5.56 Å². The molecule has 5 rings (SSSR count). The lowest BCUT2D eigenvalue weighted by Crippen LogP contribution is -2.41. The molecule has 0 saturated carbocycles. The van der Waals surface area contributed by atoms with Gasteiger partial charge in [-0.25, -0.2) is 13.1 Å². The number of rotatable bonds is 9. The average Bonchev–Trinajstić information content (AvgIpc) is 3.44. The van der Waals surface area contributed by atoms with Gasteiger partial charge < -0.3 is 10.1 Å². The Morgan fingerprint density at radius 2 is 1.70 bits per heavy atom. The van der Waals surface area contributed by atoms with Gasteiger partial charge in [-0.1, -0.05) is 36.4 Å². The van der Waals surface area contributed by atoms with Crippen molar-refractivity contribution in [3.05, 3.63) is 102 Å². The summed E-state index contributed by atoms with van der Waals surface area (Å²) < 4.78 is 71.5. The lowest BCUT2D eigenvalue weighted by Gasteiger charge is -2.10. The van der Waals surface area contributed by atoms with Crippen LogP contribution in [-0.4, -0.2) is 46.4 Å². The molecule has 5 aromatic rings. The van der Waals surface area contributed by atoms with Crippen LogP contribution in [0.5, 0.6) is 5.75 Å². The fourth-order valence-electron chi connectivity index (χ4n) is 3.80. The van der Waals surface area contributed by atoms with E-state index in [1.807, 2.05) is 4.83 Å². The molecule has 220 valence electrons. The van der Waals surface area contributed by atoms with Crippen molar-refractivity contribution in [3.63, 3.8) is 0 Å². The Labute approximate surface area is 242 Å². The Kier molecular flexibility index (Phi) is 8.05. The number of nitrogens with one attached hydrogen (secondary N) is 3. The summed E-state index contributed by atoms with van der Waals surface area (Å²) in [7, 11) is -2.67. The third-order valence-corrected chi connectivity index (χ3v) is 7.13. The summed E-state index contributed by atoms with van der Waals surface area (Å²) in [6.45, 7) is 0. The number of methoxy groups -OCH3 is 1. The largest absolute Gasteiger partial charge is 0.497 e. The zero-order chi connectivity index (χ0) is 30.6. The highest BCUT2D eigenvalue weighted by Gasteiger charge is 2.31. The molecule has 3 aromatic carbocycles. The van der Waals surface area contributed by atoms with Gasteiger partial charge in [-0.3, -0.25) is 10.2 Å². The minimum Gasteiger partial charge on any atom is -0.497 e. The standard InChI is InChI=1S/C27H21F3N8O4S/c1-42-21-10-12-22(13-11-21)43(40,41)37-35-25(39)23-15-19(16-31-34-23)32-26-33-24(17-6-3-2-4-7-17)38(36-26)20-9-5-8-18(14-20)27(28,29)30/h2-16,37H,1H3,(H,35,39)(H,32,34,36). The second kappa shape index (κ2) is 11.9. The molecule has 0 radical (unpaired) electrons. The van der Waals surface area contributed by atoms with E-state index in [9.17, 15) is 26.4 Å². The van der Waals surface area contributed by atoms with Gasteiger partial charge in [0.25, 0.3) is 15.9 Å². The van der Waals surface area contributed by atoms with Crippen molar-refractivity contribution in [2.45, 2.75) is 11.1 Å². The van der Waals surface area contributed by atoms with Crippen LogP contribution >= 0.6 is 0 Å². The second-order valence-electron chi connectivity index (χ2n) is 8.77. The molecule has 1 amide bonds.